The fourth-order valence-electron chi connectivity index (χ4n) is 1.67. The molecule has 0 aliphatic heterocycles. The molecule has 0 aliphatic carbocycles. The molecule has 2 rings (SSSR count). The van der Waals surface area contributed by atoms with Crippen molar-refractivity contribution in [3.63, 3.8) is 0 Å². The van der Waals surface area contributed by atoms with Gasteiger partial charge in [-0.1, -0.05) is 12.1 Å². The predicted molar refractivity (Wildman–Crippen MR) is 74.1 cm³/mol. The molecule has 7 nitrogen and oxygen atoms in total. The van der Waals surface area contributed by atoms with E-state index in [0.29, 0.717) is 18.2 Å². The Labute approximate surface area is 115 Å². The highest BCUT2D eigenvalue weighted by Crippen LogP contribution is 2.30. The standard InChI is InChI=1S/C13H14N4O3/c1-3-14-12-8-13(16-9(2)15-12)20-11-7-5-4-6-10(11)17(18)19/h4-8H,3H2,1-2H3,(H,14,15,16). The smallest absolute Gasteiger partial charge is 0.311 e. The molecule has 0 radical (unpaired) electrons. The lowest BCUT2D eigenvalue weighted by Crippen LogP contribution is -2.03. The van der Waals surface area contributed by atoms with E-state index in [0.717, 1.165) is 0 Å². The maximum Gasteiger partial charge on any atom is 0.311 e. The van der Waals surface area contributed by atoms with E-state index in [2.05, 4.69) is 15.3 Å². The molecule has 1 aromatic heterocycles. The number of ether oxygens (including phenoxy) is 1. The van der Waals surface area contributed by atoms with Crippen LogP contribution in [0.1, 0.15) is 12.7 Å². The highest BCUT2D eigenvalue weighted by Gasteiger charge is 2.15. The molecule has 1 N–H and O–H groups in total. The molecule has 0 amide bonds. The summed E-state index contributed by atoms with van der Waals surface area (Å²) in [5, 5.41) is 14.0. The van der Waals surface area contributed by atoms with Gasteiger partial charge in [-0.15, -0.1) is 0 Å². The van der Waals surface area contributed by atoms with Gasteiger partial charge in [-0.3, -0.25) is 10.1 Å². The van der Waals surface area contributed by atoms with E-state index < -0.39 is 4.92 Å². The van der Waals surface area contributed by atoms with Crippen LogP contribution < -0.4 is 10.1 Å². The van der Waals surface area contributed by atoms with Gasteiger partial charge in [-0.05, 0) is 19.9 Å². The van der Waals surface area contributed by atoms with Crippen molar-refractivity contribution in [3.8, 4) is 11.6 Å². The number of rotatable bonds is 5. The van der Waals surface area contributed by atoms with Gasteiger partial charge in [0.15, 0.2) is 0 Å². The normalized spacial score (nSPS) is 10.1. The highest BCUT2D eigenvalue weighted by molar-refractivity contribution is 5.48. The minimum absolute atomic E-state index is 0.103. The Kier molecular flexibility index (Phi) is 4.09. The Hall–Kier alpha value is -2.70. The van der Waals surface area contributed by atoms with Crippen molar-refractivity contribution in [2.45, 2.75) is 13.8 Å². The molecular weight excluding hydrogens is 260 g/mol. The average molecular weight is 274 g/mol. The summed E-state index contributed by atoms with van der Waals surface area (Å²) in [6.07, 6.45) is 0. The van der Waals surface area contributed by atoms with Crippen LogP contribution in [0.5, 0.6) is 11.6 Å². The number of nitro benzene ring substituents is 1. The minimum atomic E-state index is -0.491. The quantitative estimate of drug-likeness (QED) is 0.666. The van der Waals surface area contributed by atoms with Crippen molar-refractivity contribution in [1.82, 2.24) is 9.97 Å². The van der Waals surface area contributed by atoms with Crippen molar-refractivity contribution in [2.24, 2.45) is 0 Å². The fourth-order valence-corrected chi connectivity index (χ4v) is 1.67. The number of nitrogens with one attached hydrogen (secondary N) is 1. The summed E-state index contributed by atoms with van der Waals surface area (Å²) in [4.78, 5) is 18.7. The first kappa shape index (κ1) is 13.7. The maximum atomic E-state index is 10.9. The number of aromatic nitrogens is 2. The van der Waals surface area contributed by atoms with Crippen molar-refractivity contribution < 1.29 is 9.66 Å². The van der Waals surface area contributed by atoms with Crippen molar-refractivity contribution >= 4 is 11.5 Å². The summed E-state index contributed by atoms with van der Waals surface area (Å²) in [6, 6.07) is 7.77. The Bertz CT molecular complexity index is 631. The number of anilines is 1. The lowest BCUT2D eigenvalue weighted by Gasteiger charge is -2.08. The molecule has 0 bridgehead atoms. The molecule has 0 saturated heterocycles. The molecule has 20 heavy (non-hydrogen) atoms. The van der Waals surface area contributed by atoms with E-state index in [-0.39, 0.29) is 17.3 Å². The van der Waals surface area contributed by atoms with Gasteiger partial charge in [-0.25, -0.2) is 4.98 Å². The molecule has 104 valence electrons. The Morgan fingerprint density at radius 3 is 2.80 bits per heavy atom. The Balaban J connectivity index is 2.32. The molecule has 7 heteroatoms. The third kappa shape index (κ3) is 3.19. The van der Waals surface area contributed by atoms with E-state index in [1.807, 2.05) is 6.92 Å². The van der Waals surface area contributed by atoms with Gasteiger partial charge >= 0.3 is 5.69 Å². The van der Waals surface area contributed by atoms with Gasteiger partial charge in [0.1, 0.15) is 11.6 Å². The van der Waals surface area contributed by atoms with E-state index in [1.165, 1.54) is 12.1 Å². The molecule has 0 saturated carbocycles. The van der Waals surface area contributed by atoms with Gasteiger partial charge in [0.2, 0.25) is 11.6 Å². The number of para-hydroxylation sites is 2. The van der Waals surface area contributed by atoms with Crippen LogP contribution >= 0.6 is 0 Å². The van der Waals surface area contributed by atoms with Crippen LogP contribution in [0.15, 0.2) is 30.3 Å². The summed E-state index contributed by atoms with van der Waals surface area (Å²) in [7, 11) is 0. The maximum absolute atomic E-state index is 10.9. The lowest BCUT2D eigenvalue weighted by atomic mass is 10.3. The van der Waals surface area contributed by atoms with Crippen LogP contribution in [0.2, 0.25) is 0 Å². The summed E-state index contributed by atoms with van der Waals surface area (Å²) in [5.41, 5.74) is -0.103. The first-order valence-corrected chi connectivity index (χ1v) is 6.11. The highest BCUT2D eigenvalue weighted by atomic mass is 16.6. The minimum Gasteiger partial charge on any atom is -0.432 e. The molecule has 0 atom stereocenters. The molecule has 0 unspecified atom stereocenters. The van der Waals surface area contributed by atoms with Crippen LogP contribution in [0.3, 0.4) is 0 Å². The molecule has 2 aromatic rings. The third-order valence-electron chi connectivity index (χ3n) is 2.45. The number of benzene rings is 1. The third-order valence-corrected chi connectivity index (χ3v) is 2.45. The molecule has 0 aliphatic rings. The first-order chi connectivity index (χ1) is 9.60. The van der Waals surface area contributed by atoms with Gasteiger partial charge in [-0.2, -0.15) is 4.98 Å². The fraction of sp³-hybridized carbons (Fsp3) is 0.231. The van der Waals surface area contributed by atoms with E-state index in [1.54, 1.807) is 25.1 Å². The molecular formula is C13H14N4O3. The SMILES string of the molecule is CCNc1cc(Oc2ccccc2[N+](=O)[O-])nc(C)n1. The van der Waals surface area contributed by atoms with E-state index >= 15 is 0 Å². The van der Waals surface area contributed by atoms with Gasteiger partial charge < -0.3 is 10.1 Å². The second kappa shape index (κ2) is 5.96. The van der Waals surface area contributed by atoms with Crippen molar-refractivity contribution in [1.29, 1.82) is 0 Å². The van der Waals surface area contributed by atoms with E-state index in [4.69, 9.17) is 4.74 Å². The van der Waals surface area contributed by atoms with Crippen LogP contribution in [-0.4, -0.2) is 21.4 Å². The zero-order chi connectivity index (χ0) is 14.5. The molecule has 1 aromatic carbocycles. The second-order valence-corrected chi connectivity index (χ2v) is 4.00. The van der Waals surface area contributed by atoms with Crippen molar-refractivity contribution in [3.05, 3.63) is 46.3 Å². The second-order valence-electron chi connectivity index (χ2n) is 4.00. The summed E-state index contributed by atoms with van der Waals surface area (Å²) in [6.45, 7) is 4.38. The van der Waals surface area contributed by atoms with Crippen LogP contribution in [0.4, 0.5) is 11.5 Å². The van der Waals surface area contributed by atoms with Crippen LogP contribution in [-0.2, 0) is 0 Å². The average Bonchev–Trinajstić information content (AvgIpc) is 2.38. The molecule has 0 fully saturated rings. The first-order valence-electron chi connectivity index (χ1n) is 6.11. The van der Waals surface area contributed by atoms with Crippen LogP contribution in [0.25, 0.3) is 0 Å². The Morgan fingerprint density at radius 2 is 2.10 bits per heavy atom. The monoisotopic (exact) mass is 274 g/mol. The summed E-state index contributed by atoms with van der Waals surface area (Å²) >= 11 is 0. The Morgan fingerprint density at radius 1 is 1.35 bits per heavy atom. The zero-order valence-electron chi connectivity index (χ0n) is 11.2. The predicted octanol–water partition coefficient (Wildman–Crippen LogP) is 2.92. The van der Waals surface area contributed by atoms with Gasteiger partial charge in [0.05, 0.1) is 4.92 Å². The van der Waals surface area contributed by atoms with Gasteiger partial charge in [0.25, 0.3) is 0 Å². The lowest BCUT2D eigenvalue weighted by molar-refractivity contribution is -0.385. The van der Waals surface area contributed by atoms with Crippen LogP contribution in [0, 0.1) is 17.0 Å². The van der Waals surface area contributed by atoms with E-state index in [9.17, 15) is 10.1 Å². The summed E-state index contributed by atoms with van der Waals surface area (Å²) < 4.78 is 5.51. The number of nitro groups is 1. The number of aryl methyl sites for hydroxylation is 1. The topological polar surface area (TPSA) is 90.2 Å². The molecule has 1 heterocycles. The van der Waals surface area contributed by atoms with Crippen molar-refractivity contribution in [2.75, 3.05) is 11.9 Å². The zero-order valence-corrected chi connectivity index (χ0v) is 11.2. The number of hydrogen-bond donors (Lipinski definition) is 1. The largest absolute Gasteiger partial charge is 0.432 e. The summed E-state index contributed by atoms with van der Waals surface area (Å²) in [5.74, 6) is 1.56. The molecule has 0 spiro atoms. The number of nitrogens with zero attached hydrogens (tertiary/aromatic N) is 3. The number of hydrogen-bond acceptors (Lipinski definition) is 6. The van der Waals surface area contributed by atoms with Gasteiger partial charge in [0, 0.05) is 18.7 Å².